The van der Waals surface area contributed by atoms with Gasteiger partial charge in [-0.15, -0.1) is 0 Å². The molecule has 1 saturated carbocycles. The van der Waals surface area contributed by atoms with E-state index in [1.807, 2.05) is 0 Å². The van der Waals surface area contributed by atoms with Crippen molar-refractivity contribution in [3.63, 3.8) is 0 Å². The number of morpholine rings is 1. The first-order valence-electron chi connectivity index (χ1n) is 7.18. The molecular weight excluding hydrogens is 264 g/mol. The lowest BCUT2D eigenvalue weighted by molar-refractivity contribution is -0.0874. The number of rotatable bonds is 3. The first kappa shape index (κ1) is 15.2. The molecule has 4 unspecified atom stereocenters. The third kappa shape index (κ3) is 3.90. The molecule has 2 fully saturated rings. The number of hydrogen-bond donors (Lipinski definition) is 1. The molecule has 0 aromatic rings. The zero-order valence-electron chi connectivity index (χ0n) is 11.9. The van der Waals surface area contributed by atoms with Crippen LogP contribution < -0.4 is 5.73 Å². The Kier molecular flexibility index (Phi) is 4.87. The summed E-state index contributed by atoms with van der Waals surface area (Å²) in [7, 11) is -2.91. The summed E-state index contributed by atoms with van der Waals surface area (Å²) in [5.41, 5.74) is 5.71. The van der Waals surface area contributed by atoms with Crippen molar-refractivity contribution in [1.29, 1.82) is 0 Å². The fourth-order valence-electron chi connectivity index (χ4n) is 3.35. The Morgan fingerprint density at radius 3 is 2.68 bits per heavy atom. The van der Waals surface area contributed by atoms with E-state index >= 15 is 0 Å². The quantitative estimate of drug-likeness (QED) is 0.814. The van der Waals surface area contributed by atoms with Gasteiger partial charge in [-0.05, 0) is 26.2 Å². The molecule has 4 atom stereocenters. The second-order valence-electron chi connectivity index (χ2n) is 6.03. The van der Waals surface area contributed by atoms with Gasteiger partial charge in [-0.2, -0.15) is 0 Å². The molecule has 19 heavy (non-hydrogen) atoms. The highest BCUT2D eigenvalue weighted by Crippen LogP contribution is 2.29. The molecule has 0 bridgehead atoms. The third-order valence-electron chi connectivity index (χ3n) is 4.34. The highest BCUT2D eigenvalue weighted by Gasteiger charge is 2.35. The van der Waals surface area contributed by atoms with E-state index in [0.717, 1.165) is 38.8 Å². The van der Waals surface area contributed by atoms with E-state index in [1.54, 1.807) is 0 Å². The molecule has 1 saturated heterocycles. The molecule has 6 heteroatoms. The zero-order valence-corrected chi connectivity index (χ0v) is 12.7. The van der Waals surface area contributed by atoms with Crippen molar-refractivity contribution in [3.05, 3.63) is 0 Å². The molecule has 0 radical (unpaired) electrons. The molecule has 0 aromatic carbocycles. The van der Waals surface area contributed by atoms with Gasteiger partial charge < -0.3 is 10.5 Å². The highest BCUT2D eigenvalue weighted by molar-refractivity contribution is 7.91. The average molecular weight is 290 g/mol. The number of ether oxygens (including phenoxy) is 1. The molecule has 2 aliphatic rings. The SMILES string of the molecule is CC1CN(C2CCCC(S(C)(=O)=O)C2)CC(CN)O1. The van der Waals surface area contributed by atoms with Gasteiger partial charge in [0.1, 0.15) is 9.84 Å². The lowest BCUT2D eigenvalue weighted by Crippen LogP contribution is -2.54. The van der Waals surface area contributed by atoms with Crippen molar-refractivity contribution in [2.75, 3.05) is 25.9 Å². The summed E-state index contributed by atoms with van der Waals surface area (Å²) in [6, 6.07) is 0.369. The Morgan fingerprint density at radius 1 is 1.32 bits per heavy atom. The largest absolute Gasteiger partial charge is 0.371 e. The molecule has 2 rings (SSSR count). The lowest BCUT2D eigenvalue weighted by atomic mass is 9.92. The smallest absolute Gasteiger partial charge is 0.150 e. The third-order valence-corrected chi connectivity index (χ3v) is 5.98. The van der Waals surface area contributed by atoms with Gasteiger partial charge in [0.05, 0.1) is 17.5 Å². The van der Waals surface area contributed by atoms with Crippen molar-refractivity contribution >= 4 is 9.84 Å². The highest BCUT2D eigenvalue weighted by atomic mass is 32.2. The standard InChI is InChI=1S/C13H26N2O3S/c1-10-8-15(9-12(7-14)18-10)11-4-3-5-13(6-11)19(2,16)17/h10-13H,3-9,14H2,1-2H3. The maximum atomic E-state index is 11.7. The maximum Gasteiger partial charge on any atom is 0.150 e. The van der Waals surface area contributed by atoms with Crippen LogP contribution >= 0.6 is 0 Å². The van der Waals surface area contributed by atoms with E-state index in [9.17, 15) is 8.42 Å². The van der Waals surface area contributed by atoms with Gasteiger partial charge in [-0.1, -0.05) is 6.42 Å². The van der Waals surface area contributed by atoms with Crippen LogP contribution in [0.4, 0.5) is 0 Å². The van der Waals surface area contributed by atoms with Crippen LogP contribution in [0, 0.1) is 0 Å². The summed E-state index contributed by atoms with van der Waals surface area (Å²) in [6.45, 7) is 4.31. The predicted molar refractivity (Wildman–Crippen MR) is 75.9 cm³/mol. The second kappa shape index (κ2) is 6.08. The number of nitrogens with two attached hydrogens (primary N) is 1. The topological polar surface area (TPSA) is 72.6 Å². The van der Waals surface area contributed by atoms with Crippen LogP contribution in [0.3, 0.4) is 0 Å². The molecular formula is C13H26N2O3S. The van der Waals surface area contributed by atoms with Gasteiger partial charge in [-0.3, -0.25) is 4.90 Å². The predicted octanol–water partition coefficient (Wildman–Crippen LogP) is 0.390. The summed E-state index contributed by atoms with van der Waals surface area (Å²) in [4.78, 5) is 2.39. The molecule has 2 N–H and O–H groups in total. The van der Waals surface area contributed by atoms with Crippen LogP contribution in [0.2, 0.25) is 0 Å². The van der Waals surface area contributed by atoms with Crippen LogP contribution in [0.25, 0.3) is 0 Å². The van der Waals surface area contributed by atoms with Crippen molar-refractivity contribution in [2.45, 2.75) is 56.1 Å². The molecule has 1 aliphatic carbocycles. The van der Waals surface area contributed by atoms with Crippen LogP contribution in [0.5, 0.6) is 0 Å². The van der Waals surface area contributed by atoms with Crippen LogP contribution in [0.1, 0.15) is 32.6 Å². The van der Waals surface area contributed by atoms with E-state index in [4.69, 9.17) is 10.5 Å². The molecule has 112 valence electrons. The Hall–Kier alpha value is -0.170. The minimum atomic E-state index is -2.91. The van der Waals surface area contributed by atoms with Crippen molar-refractivity contribution < 1.29 is 13.2 Å². The maximum absolute atomic E-state index is 11.7. The van der Waals surface area contributed by atoms with Gasteiger partial charge in [0.25, 0.3) is 0 Å². The Morgan fingerprint density at radius 2 is 2.05 bits per heavy atom. The average Bonchev–Trinajstić information content (AvgIpc) is 2.37. The molecule has 0 spiro atoms. The van der Waals surface area contributed by atoms with Crippen molar-refractivity contribution in [3.8, 4) is 0 Å². The van der Waals surface area contributed by atoms with E-state index in [-0.39, 0.29) is 17.5 Å². The van der Waals surface area contributed by atoms with Gasteiger partial charge in [-0.25, -0.2) is 8.42 Å². The number of nitrogens with zero attached hydrogens (tertiary/aromatic N) is 1. The Labute approximate surface area is 116 Å². The Bertz CT molecular complexity index is 399. The second-order valence-corrected chi connectivity index (χ2v) is 8.36. The minimum absolute atomic E-state index is 0.0855. The summed E-state index contributed by atoms with van der Waals surface area (Å²) in [5.74, 6) is 0. The summed E-state index contributed by atoms with van der Waals surface area (Å²) < 4.78 is 29.2. The number of hydrogen-bond acceptors (Lipinski definition) is 5. The first-order valence-corrected chi connectivity index (χ1v) is 9.14. The van der Waals surface area contributed by atoms with E-state index in [1.165, 1.54) is 6.26 Å². The van der Waals surface area contributed by atoms with Crippen molar-refractivity contribution in [1.82, 2.24) is 4.90 Å². The minimum Gasteiger partial charge on any atom is -0.371 e. The Balaban J connectivity index is 2.00. The molecule has 0 aromatic heterocycles. The first-order chi connectivity index (χ1) is 8.90. The van der Waals surface area contributed by atoms with Gasteiger partial charge >= 0.3 is 0 Å². The molecule has 0 amide bonds. The van der Waals surface area contributed by atoms with Gasteiger partial charge in [0.2, 0.25) is 0 Å². The lowest BCUT2D eigenvalue weighted by Gasteiger charge is -2.43. The van der Waals surface area contributed by atoms with E-state index in [0.29, 0.717) is 12.6 Å². The zero-order chi connectivity index (χ0) is 14.0. The summed E-state index contributed by atoms with van der Waals surface area (Å²) in [5, 5.41) is -0.166. The summed E-state index contributed by atoms with van der Waals surface area (Å²) in [6.07, 6.45) is 5.31. The van der Waals surface area contributed by atoms with Gasteiger partial charge in [0.15, 0.2) is 0 Å². The fourth-order valence-corrected chi connectivity index (χ4v) is 4.52. The van der Waals surface area contributed by atoms with E-state index in [2.05, 4.69) is 11.8 Å². The van der Waals surface area contributed by atoms with Crippen LogP contribution in [-0.2, 0) is 14.6 Å². The molecule has 1 aliphatic heterocycles. The van der Waals surface area contributed by atoms with E-state index < -0.39 is 9.84 Å². The number of sulfone groups is 1. The normalized spacial score (nSPS) is 38.3. The molecule has 1 heterocycles. The molecule has 5 nitrogen and oxygen atoms in total. The van der Waals surface area contributed by atoms with Gasteiger partial charge in [0, 0.05) is 31.9 Å². The van der Waals surface area contributed by atoms with Crippen LogP contribution in [0.15, 0.2) is 0 Å². The monoisotopic (exact) mass is 290 g/mol. The fraction of sp³-hybridized carbons (Fsp3) is 1.00. The summed E-state index contributed by atoms with van der Waals surface area (Å²) >= 11 is 0. The van der Waals surface area contributed by atoms with Crippen LogP contribution in [-0.4, -0.2) is 62.7 Å². The van der Waals surface area contributed by atoms with Crippen molar-refractivity contribution in [2.24, 2.45) is 5.73 Å².